The highest BCUT2D eigenvalue weighted by molar-refractivity contribution is 7.71. The van der Waals surface area contributed by atoms with Gasteiger partial charge in [-0.15, -0.1) is 0 Å². The smallest absolute Gasteiger partial charge is 0.158 e. The third kappa shape index (κ3) is 1.65. The van der Waals surface area contributed by atoms with E-state index in [1.165, 1.54) is 0 Å². The lowest BCUT2D eigenvalue weighted by molar-refractivity contribution is 0.905. The molecular weight excluding hydrogens is 184 g/mol. The number of aryl methyl sites for hydroxylation is 1. The predicted octanol–water partition coefficient (Wildman–Crippen LogP) is 1.63. The fourth-order valence-electron chi connectivity index (χ4n) is 1.03. The van der Waals surface area contributed by atoms with Gasteiger partial charge in [0.1, 0.15) is 11.0 Å². The maximum atomic E-state index is 4.88. The van der Waals surface area contributed by atoms with Gasteiger partial charge in [-0.3, -0.25) is 9.67 Å². The first-order valence-corrected chi connectivity index (χ1v) is 4.23. The fourth-order valence-corrected chi connectivity index (χ4v) is 1.14. The Bertz CT molecular complexity index is 450. The molecule has 0 radical (unpaired) electrons. The summed E-state index contributed by atoms with van der Waals surface area (Å²) >= 11 is 4.88. The number of hydrogen-bond acceptors (Lipinski definition) is 3. The van der Waals surface area contributed by atoms with Crippen molar-refractivity contribution < 1.29 is 0 Å². The Balaban J connectivity index is 2.47. The van der Waals surface area contributed by atoms with Crippen molar-refractivity contribution in [1.82, 2.24) is 19.7 Å². The van der Waals surface area contributed by atoms with Crippen molar-refractivity contribution in [2.24, 2.45) is 0 Å². The van der Waals surface area contributed by atoms with Crippen LogP contribution in [0.25, 0.3) is 5.82 Å². The van der Waals surface area contributed by atoms with Crippen LogP contribution in [0.4, 0.5) is 0 Å². The number of aromatic amines is 1. The summed E-state index contributed by atoms with van der Waals surface area (Å²) in [4.78, 5) is 4.10. The molecule has 2 aromatic rings. The number of H-pyrrole nitrogens is 1. The van der Waals surface area contributed by atoms with Crippen molar-refractivity contribution in [3.63, 3.8) is 0 Å². The van der Waals surface area contributed by atoms with E-state index in [9.17, 15) is 0 Å². The Morgan fingerprint density at radius 2 is 2.31 bits per heavy atom. The van der Waals surface area contributed by atoms with E-state index in [2.05, 4.69) is 15.2 Å². The van der Waals surface area contributed by atoms with Crippen LogP contribution in [0.3, 0.4) is 0 Å². The molecule has 2 heterocycles. The summed E-state index contributed by atoms with van der Waals surface area (Å²) in [5.41, 5.74) is 0.962. The summed E-state index contributed by atoms with van der Waals surface area (Å²) in [6.07, 6.45) is 3.62. The van der Waals surface area contributed by atoms with Crippen molar-refractivity contribution in [3.05, 3.63) is 35.0 Å². The Hall–Kier alpha value is -1.49. The molecule has 2 rings (SSSR count). The van der Waals surface area contributed by atoms with Crippen molar-refractivity contribution >= 4 is 12.2 Å². The lowest BCUT2D eigenvalue weighted by Crippen LogP contribution is -1.95. The first-order valence-electron chi connectivity index (χ1n) is 3.82. The average Bonchev–Trinajstić information content (AvgIpc) is 2.53. The lowest BCUT2D eigenvalue weighted by atomic mass is 10.5. The van der Waals surface area contributed by atoms with Gasteiger partial charge in [0.15, 0.2) is 5.82 Å². The normalized spacial score (nSPS) is 10.2. The number of aromatic nitrogens is 4. The van der Waals surface area contributed by atoms with Gasteiger partial charge in [-0.1, -0.05) is 12.2 Å². The SMILES string of the molecule is Cc1cn(-c2ccc(=S)[nH]n2)cn1. The van der Waals surface area contributed by atoms with Crippen LogP contribution in [0.1, 0.15) is 5.69 Å². The van der Waals surface area contributed by atoms with E-state index in [4.69, 9.17) is 12.2 Å². The molecule has 13 heavy (non-hydrogen) atoms. The summed E-state index contributed by atoms with van der Waals surface area (Å²) in [6.45, 7) is 1.93. The summed E-state index contributed by atoms with van der Waals surface area (Å²) in [5.74, 6) is 0.786. The van der Waals surface area contributed by atoms with Gasteiger partial charge >= 0.3 is 0 Å². The summed E-state index contributed by atoms with van der Waals surface area (Å²) in [5, 5.41) is 6.78. The van der Waals surface area contributed by atoms with Gasteiger partial charge in [-0.05, 0) is 19.1 Å². The molecule has 4 nitrogen and oxygen atoms in total. The van der Waals surface area contributed by atoms with Crippen LogP contribution in [0.2, 0.25) is 0 Å². The van der Waals surface area contributed by atoms with E-state index in [1.54, 1.807) is 12.4 Å². The molecule has 66 valence electrons. The van der Waals surface area contributed by atoms with Gasteiger partial charge in [0.05, 0.1) is 5.69 Å². The van der Waals surface area contributed by atoms with Crippen molar-refractivity contribution in [2.45, 2.75) is 6.92 Å². The lowest BCUT2D eigenvalue weighted by Gasteiger charge is -1.97. The molecule has 0 aromatic carbocycles. The molecule has 0 atom stereocenters. The second-order valence-corrected chi connectivity index (χ2v) is 3.14. The van der Waals surface area contributed by atoms with Crippen molar-refractivity contribution in [2.75, 3.05) is 0 Å². The number of nitrogens with one attached hydrogen (secondary N) is 1. The first kappa shape index (κ1) is 8.12. The second-order valence-electron chi connectivity index (χ2n) is 2.70. The maximum Gasteiger partial charge on any atom is 0.158 e. The van der Waals surface area contributed by atoms with Crippen LogP contribution in [0, 0.1) is 11.6 Å². The van der Waals surface area contributed by atoms with Crippen LogP contribution in [-0.4, -0.2) is 19.7 Å². The average molecular weight is 192 g/mol. The first-order chi connectivity index (χ1) is 6.25. The third-order valence-corrected chi connectivity index (χ3v) is 1.87. The number of nitrogens with zero attached hydrogens (tertiary/aromatic N) is 3. The molecule has 0 saturated carbocycles. The molecule has 0 saturated heterocycles. The standard InChI is InChI=1S/C8H8N4S/c1-6-4-12(5-9-6)7-2-3-8(13)11-10-7/h2-5H,1H3,(H,11,13). The molecule has 0 aliphatic heterocycles. The highest BCUT2D eigenvalue weighted by Gasteiger charge is 1.96. The molecule has 0 unspecified atom stereocenters. The van der Waals surface area contributed by atoms with Gasteiger partial charge in [0, 0.05) is 6.20 Å². The Kier molecular flexibility index (Phi) is 1.94. The van der Waals surface area contributed by atoms with E-state index in [1.807, 2.05) is 23.8 Å². The van der Waals surface area contributed by atoms with Gasteiger partial charge in [-0.2, -0.15) is 5.10 Å². The van der Waals surface area contributed by atoms with Gasteiger partial charge in [-0.25, -0.2) is 4.98 Å². The highest BCUT2D eigenvalue weighted by Crippen LogP contribution is 2.02. The largest absolute Gasteiger partial charge is 0.289 e. The zero-order valence-corrected chi connectivity index (χ0v) is 7.88. The fraction of sp³-hybridized carbons (Fsp3) is 0.125. The zero-order chi connectivity index (χ0) is 9.26. The van der Waals surface area contributed by atoms with Crippen LogP contribution in [0.5, 0.6) is 0 Å². The highest BCUT2D eigenvalue weighted by atomic mass is 32.1. The molecule has 2 aromatic heterocycles. The Morgan fingerprint density at radius 3 is 2.85 bits per heavy atom. The molecule has 0 spiro atoms. The van der Waals surface area contributed by atoms with Gasteiger partial charge < -0.3 is 0 Å². The summed E-state index contributed by atoms with van der Waals surface area (Å²) in [6, 6.07) is 3.65. The molecule has 0 aliphatic rings. The van der Waals surface area contributed by atoms with E-state index >= 15 is 0 Å². The van der Waals surface area contributed by atoms with Crippen LogP contribution >= 0.6 is 12.2 Å². The number of imidazole rings is 1. The van der Waals surface area contributed by atoms with E-state index in [0.29, 0.717) is 4.64 Å². The van der Waals surface area contributed by atoms with Gasteiger partial charge in [0.2, 0.25) is 0 Å². The molecule has 1 N–H and O–H groups in total. The third-order valence-electron chi connectivity index (χ3n) is 1.64. The van der Waals surface area contributed by atoms with Gasteiger partial charge in [0.25, 0.3) is 0 Å². The van der Waals surface area contributed by atoms with Crippen molar-refractivity contribution in [3.8, 4) is 5.82 Å². The monoisotopic (exact) mass is 192 g/mol. The number of hydrogen-bond donors (Lipinski definition) is 1. The molecule has 0 amide bonds. The Labute approximate surface area is 80.3 Å². The summed E-state index contributed by atoms with van der Waals surface area (Å²) in [7, 11) is 0. The van der Waals surface area contributed by atoms with E-state index in [0.717, 1.165) is 11.5 Å². The van der Waals surface area contributed by atoms with E-state index in [-0.39, 0.29) is 0 Å². The van der Waals surface area contributed by atoms with Crippen LogP contribution < -0.4 is 0 Å². The van der Waals surface area contributed by atoms with Crippen LogP contribution in [0.15, 0.2) is 24.7 Å². The quantitative estimate of drug-likeness (QED) is 0.698. The predicted molar refractivity (Wildman–Crippen MR) is 51.3 cm³/mol. The van der Waals surface area contributed by atoms with Crippen LogP contribution in [-0.2, 0) is 0 Å². The molecular formula is C8H8N4S. The minimum atomic E-state index is 0.626. The second kappa shape index (κ2) is 3.10. The molecule has 0 aliphatic carbocycles. The minimum Gasteiger partial charge on any atom is -0.289 e. The molecule has 5 heteroatoms. The topological polar surface area (TPSA) is 46.5 Å². The molecule has 0 fully saturated rings. The van der Waals surface area contributed by atoms with Crippen molar-refractivity contribution in [1.29, 1.82) is 0 Å². The Morgan fingerprint density at radius 1 is 1.46 bits per heavy atom. The number of rotatable bonds is 1. The summed E-state index contributed by atoms with van der Waals surface area (Å²) < 4.78 is 2.46. The zero-order valence-electron chi connectivity index (χ0n) is 7.06. The molecule has 0 bridgehead atoms. The van der Waals surface area contributed by atoms with E-state index < -0.39 is 0 Å². The maximum absolute atomic E-state index is 4.88. The minimum absolute atomic E-state index is 0.626.